The Morgan fingerprint density at radius 3 is 2.63 bits per heavy atom. The first-order valence-electron chi connectivity index (χ1n) is 9.70. The van der Waals surface area contributed by atoms with Crippen LogP contribution in [-0.4, -0.2) is 38.1 Å². The van der Waals surface area contributed by atoms with Crippen molar-refractivity contribution >= 4 is 29.1 Å². The van der Waals surface area contributed by atoms with Gasteiger partial charge in [0.2, 0.25) is 0 Å². The Morgan fingerprint density at radius 2 is 1.97 bits per heavy atom. The Labute approximate surface area is 178 Å². The maximum atomic E-state index is 11.6. The third-order valence-corrected chi connectivity index (χ3v) is 6.43. The third kappa shape index (κ3) is 3.48. The van der Waals surface area contributed by atoms with E-state index in [1.165, 1.54) is 4.88 Å². The molecule has 1 aromatic carbocycles. The summed E-state index contributed by atoms with van der Waals surface area (Å²) in [7, 11) is 0. The predicted molar refractivity (Wildman–Crippen MR) is 119 cm³/mol. The minimum Gasteiger partial charge on any atom is -0.481 e. The zero-order valence-corrected chi connectivity index (χ0v) is 17.9. The zero-order valence-electron chi connectivity index (χ0n) is 17.1. The van der Waals surface area contributed by atoms with Crippen LogP contribution in [0, 0.1) is 20.8 Å². The van der Waals surface area contributed by atoms with Gasteiger partial charge >= 0.3 is 5.97 Å². The molecule has 8 heteroatoms. The lowest BCUT2D eigenvalue weighted by atomic mass is 9.98. The molecule has 0 radical (unpaired) electrons. The van der Waals surface area contributed by atoms with Crippen LogP contribution in [0.2, 0.25) is 0 Å². The largest absolute Gasteiger partial charge is 0.481 e. The Kier molecular flexibility index (Phi) is 5.36. The molecule has 154 valence electrons. The smallest absolute Gasteiger partial charge is 0.306 e. The van der Waals surface area contributed by atoms with Crippen molar-refractivity contribution in [2.45, 2.75) is 33.2 Å². The number of fused-ring (bicyclic) bond motifs is 3. The van der Waals surface area contributed by atoms with Crippen molar-refractivity contribution in [2.75, 3.05) is 6.54 Å². The van der Waals surface area contributed by atoms with E-state index in [1.807, 2.05) is 47.9 Å². The fourth-order valence-electron chi connectivity index (χ4n) is 3.65. The third-order valence-electron chi connectivity index (χ3n) is 5.24. The molecule has 0 bridgehead atoms. The molecule has 4 rings (SSSR count). The number of thiophene rings is 1. The lowest BCUT2D eigenvalue weighted by Gasteiger charge is -2.11. The summed E-state index contributed by atoms with van der Waals surface area (Å²) in [6.07, 6.45) is 3.73. The van der Waals surface area contributed by atoms with Gasteiger partial charge < -0.3 is 10.8 Å². The number of hydrogen-bond donors (Lipinski definition) is 2. The molecule has 1 aliphatic heterocycles. The molecule has 0 aliphatic carbocycles. The topological polar surface area (TPSA) is 106 Å². The summed E-state index contributed by atoms with van der Waals surface area (Å²) in [4.78, 5) is 17.7. The van der Waals surface area contributed by atoms with Crippen LogP contribution in [-0.2, 0) is 4.79 Å². The second kappa shape index (κ2) is 7.97. The van der Waals surface area contributed by atoms with Gasteiger partial charge in [-0.25, -0.2) is 0 Å². The van der Waals surface area contributed by atoms with Crippen LogP contribution in [0.1, 0.15) is 51.2 Å². The number of nitrogens with two attached hydrogens (primary N) is 1. The summed E-state index contributed by atoms with van der Waals surface area (Å²) in [6.45, 7) is 6.53. The molecule has 0 spiro atoms. The molecule has 0 amide bonds. The molecular formula is C22H23N5O2S. The number of aliphatic carboxylic acids is 1. The van der Waals surface area contributed by atoms with E-state index in [1.54, 1.807) is 11.3 Å². The second-order valence-electron chi connectivity index (χ2n) is 7.26. The fraction of sp³-hybridized carbons (Fsp3) is 0.273. The molecular weight excluding hydrogens is 398 g/mol. The molecule has 3 N–H and O–H groups in total. The monoisotopic (exact) mass is 421 g/mol. The summed E-state index contributed by atoms with van der Waals surface area (Å²) < 4.78 is 1.96. The molecule has 30 heavy (non-hydrogen) atoms. The Morgan fingerprint density at radius 1 is 1.23 bits per heavy atom. The summed E-state index contributed by atoms with van der Waals surface area (Å²) in [5, 5.41) is 19.0. The van der Waals surface area contributed by atoms with Gasteiger partial charge in [-0.2, -0.15) is 0 Å². The number of rotatable bonds is 5. The van der Waals surface area contributed by atoms with E-state index in [9.17, 15) is 9.90 Å². The van der Waals surface area contributed by atoms with Gasteiger partial charge in [0.1, 0.15) is 16.9 Å². The van der Waals surface area contributed by atoms with E-state index in [0.29, 0.717) is 12.4 Å². The first-order chi connectivity index (χ1) is 14.4. The van der Waals surface area contributed by atoms with Gasteiger partial charge in [-0.3, -0.25) is 14.4 Å². The minimum absolute atomic E-state index is 0.147. The van der Waals surface area contributed by atoms with E-state index >= 15 is 0 Å². The van der Waals surface area contributed by atoms with Crippen molar-refractivity contribution in [1.82, 2.24) is 14.8 Å². The number of carboxylic acid groups (broad SMARTS) is 1. The quantitative estimate of drug-likeness (QED) is 0.655. The summed E-state index contributed by atoms with van der Waals surface area (Å²) >= 11 is 1.65. The van der Waals surface area contributed by atoms with E-state index < -0.39 is 12.0 Å². The molecule has 3 aromatic rings. The predicted octanol–water partition coefficient (Wildman–Crippen LogP) is 3.59. The fourth-order valence-corrected chi connectivity index (χ4v) is 4.86. The van der Waals surface area contributed by atoms with Gasteiger partial charge in [0, 0.05) is 22.5 Å². The van der Waals surface area contributed by atoms with Gasteiger partial charge in [-0.05, 0) is 31.9 Å². The van der Waals surface area contributed by atoms with E-state index in [0.717, 1.165) is 38.8 Å². The maximum Gasteiger partial charge on any atom is 0.306 e. The number of aromatic nitrogens is 3. The molecule has 0 fully saturated rings. The molecule has 0 saturated carbocycles. The van der Waals surface area contributed by atoms with Crippen LogP contribution in [0.3, 0.4) is 0 Å². The number of carbonyl (C=O) groups is 1. The standard InChI is InChI=1S/C22H23N5O2S/c1-12-13(2)30-22-19(12)20(16-8-6-15(7-9-16)5-4-10-23)24-17(11-18(28)29)21-26-25-14(3)27(21)22/h4-9,17H,10-11,23H2,1-3H3,(H,28,29)/b5-4+/t17-/m0/s1. The minimum atomic E-state index is -0.921. The average molecular weight is 422 g/mol. The number of hydrogen-bond acceptors (Lipinski definition) is 6. The maximum absolute atomic E-state index is 11.6. The molecule has 3 heterocycles. The highest BCUT2D eigenvalue weighted by molar-refractivity contribution is 7.15. The number of benzene rings is 1. The molecule has 2 aromatic heterocycles. The SMILES string of the molecule is Cc1sc2c(c1C)C(c1ccc(/C=C/CN)cc1)=N[C@@H](CC(=O)O)c1nnc(C)n1-2. The van der Waals surface area contributed by atoms with E-state index in [2.05, 4.69) is 24.0 Å². The molecule has 7 nitrogen and oxygen atoms in total. The molecule has 0 saturated heterocycles. The lowest BCUT2D eigenvalue weighted by Crippen LogP contribution is -2.10. The summed E-state index contributed by atoms with van der Waals surface area (Å²) in [6, 6.07) is 7.45. The second-order valence-corrected chi connectivity index (χ2v) is 8.46. The Balaban J connectivity index is 1.93. The van der Waals surface area contributed by atoms with Gasteiger partial charge in [-0.15, -0.1) is 21.5 Å². The zero-order chi connectivity index (χ0) is 21.4. The average Bonchev–Trinajstić information content (AvgIpc) is 3.19. The Hall–Kier alpha value is -3.10. The van der Waals surface area contributed by atoms with Crippen molar-refractivity contribution < 1.29 is 9.90 Å². The van der Waals surface area contributed by atoms with Crippen molar-refractivity contribution in [2.24, 2.45) is 10.7 Å². The van der Waals surface area contributed by atoms with E-state index in [4.69, 9.17) is 10.7 Å². The number of carboxylic acids is 1. The van der Waals surface area contributed by atoms with Crippen LogP contribution in [0.15, 0.2) is 35.3 Å². The van der Waals surface area contributed by atoms with Crippen LogP contribution >= 0.6 is 11.3 Å². The highest BCUT2D eigenvalue weighted by Crippen LogP contribution is 2.39. The highest BCUT2D eigenvalue weighted by Gasteiger charge is 2.32. The number of aliphatic imine (C=N–C) groups is 1. The number of nitrogens with zero attached hydrogens (tertiary/aromatic N) is 4. The van der Waals surface area contributed by atoms with Gasteiger partial charge in [-0.1, -0.05) is 36.4 Å². The van der Waals surface area contributed by atoms with Crippen LogP contribution < -0.4 is 5.73 Å². The van der Waals surface area contributed by atoms with Gasteiger partial charge in [0.05, 0.1) is 12.1 Å². The Bertz CT molecular complexity index is 1170. The van der Waals surface area contributed by atoms with Crippen molar-refractivity contribution in [1.29, 1.82) is 0 Å². The normalized spacial score (nSPS) is 15.6. The van der Waals surface area contributed by atoms with E-state index in [-0.39, 0.29) is 6.42 Å². The van der Waals surface area contributed by atoms with Crippen molar-refractivity contribution in [3.63, 3.8) is 0 Å². The van der Waals surface area contributed by atoms with Crippen LogP contribution in [0.25, 0.3) is 11.1 Å². The van der Waals surface area contributed by atoms with Gasteiger partial charge in [0.15, 0.2) is 5.82 Å². The van der Waals surface area contributed by atoms with Crippen LogP contribution in [0.5, 0.6) is 0 Å². The first kappa shape index (κ1) is 20.2. The highest BCUT2D eigenvalue weighted by atomic mass is 32.1. The molecule has 0 unspecified atom stereocenters. The summed E-state index contributed by atoms with van der Waals surface area (Å²) in [5.74, 6) is 0.368. The first-order valence-corrected chi connectivity index (χ1v) is 10.5. The van der Waals surface area contributed by atoms with Gasteiger partial charge in [0.25, 0.3) is 0 Å². The number of aryl methyl sites for hydroxylation is 2. The molecule has 1 atom stereocenters. The van der Waals surface area contributed by atoms with Crippen LogP contribution in [0.4, 0.5) is 0 Å². The lowest BCUT2D eigenvalue weighted by molar-refractivity contribution is -0.137. The van der Waals surface area contributed by atoms with Crippen molar-refractivity contribution in [3.05, 3.63) is 69.1 Å². The molecule has 1 aliphatic rings. The van der Waals surface area contributed by atoms with Crippen molar-refractivity contribution in [3.8, 4) is 5.00 Å². The summed E-state index contributed by atoms with van der Waals surface area (Å²) in [5.41, 5.74) is 10.5.